The molecule has 164 valence electrons. The predicted molar refractivity (Wildman–Crippen MR) is 112 cm³/mol. The van der Waals surface area contributed by atoms with Gasteiger partial charge in [0, 0.05) is 5.41 Å². The molecule has 1 aliphatic heterocycles. The summed E-state index contributed by atoms with van der Waals surface area (Å²) in [5.41, 5.74) is 2.43. The minimum atomic E-state index is -3.84. The molecule has 0 spiro atoms. The molecule has 1 heterocycles. The van der Waals surface area contributed by atoms with Gasteiger partial charge in [-0.05, 0) is 44.2 Å². The van der Waals surface area contributed by atoms with Crippen molar-refractivity contribution in [3.63, 3.8) is 0 Å². The van der Waals surface area contributed by atoms with E-state index in [4.69, 9.17) is 4.74 Å². The third-order valence-electron chi connectivity index (χ3n) is 7.33. The van der Waals surface area contributed by atoms with Gasteiger partial charge in [-0.15, -0.1) is 4.83 Å². The van der Waals surface area contributed by atoms with Crippen molar-refractivity contribution in [1.29, 1.82) is 0 Å². The van der Waals surface area contributed by atoms with E-state index >= 15 is 0 Å². The molecular formula is C22H30N2O5S. The molecule has 2 fully saturated rings. The summed E-state index contributed by atoms with van der Waals surface area (Å²) in [5, 5.41) is 11.4. The highest BCUT2D eigenvalue weighted by molar-refractivity contribution is 7.89. The number of rotatable bonds is 4. The fraction of sp³-hybridized carbons (Fsp3) is 0.591. The van der Waals surface area contributed by atoms with E-state index in [-0.39, 0.29) is 16.4 Å². The topological polar surface area (TPSA) is 105 Å². The summed E-state index contributed by atoms with van der Waals surface area (Å²) in [6.45, 7) is 9.67. The summed E-state index contributed by atoms with van der Waals surface area (Å²) < 4.78 is 31.1. The number of aryl methyl sites for hydroxylation is 1. The van der Waals surface area contributed by atoms with Crippen LogP contribution in [0.2, 0.25) is 0 Å². The molecule has 0 unspecified atom stereocenters. The lowest BCUT2D eigenvalue weighted by Crippen LogP contribution is -2.65. The van der Waals surface area contributed by atoms with E-state index in [2.05, 4.69) is 24.1 Å². The van der Waals surface area contributed by atoms with Gasteiger partial charge in [0.05, 0.1) is 22.5 Å². The molecule has 0 radical (unpaired) electrons. The van der Waals surface area contributed by atoms with Crippen LogP contribution >= 0.6 is 0 Å². The van der Waals surface area contributed by atoms with Crippen LogP contribution in [0, 0.1) is 23.7 Å². The smallest absolute Gasteiger partial charge is 0.313 e. The number of esters is 1. The quantitative estimate of drug-likeness (QED) is 0.381. The standard InChI is InChI=1S/C22H30N2O5S/c1-13-6-8-14(9-7-13)30(27,28)24-23-16-12-15-20(2,3)11-10-17-21(15,4)18(19(25)29-17)22(16,5)26/h6-9,12,16-18,23-24,26H,10-11H2,1-5H3/t16-,17+,18+,21-,22+/m1/s1. The van der Waals surface area contributed by atoms with Gasteiger partial charge in [-0.3, -0.25) is 4.79 Å². The maximum atomic E-state index is 12.8. The average molecular weight is 435 g/mol. The fourth-order valence-corrected chi connectivity index (χ4v) is 6.57. The predicted octanol–water partition coefficient (Wildman–Crippen LogP) is 2.21. The Kier molecular flexibility index (Phi) is 4.75. The number of aliphatic hydroxyl groups is 1. The number of hydrogen-bond acceptors (Lipinski definition) is 6. The Balaban J connectivity index is 1.69. The second-order valence-corrected chi connectivity index (χ2v) is 11.6. The lowest BCUT2D eigenvalue weighted by molar-refractivity contribution is -0.151. The van der Waals surface area contributed by atoms with Gasteiger partial charge in [-0.1, -0.05) is 50.1 Å². The molecule has 1 aromatic carbocycles. The number of sulfonamides is 1. The molecule has 1 aromatic rings. The second kappa shape index (κ2) is 6.63. The maximum Gasteiger partial charge on any atom is 0.313 e. The highest BCUT2D eigenvalue weighted by Gasteiger charge is 2.68. The molecule has 0 bridgehead atoms. The van der Waals surface area contributed by atoms with Gasteiger partial charge < -0.3 is 9.84 Å². The summed E-state index contributed by atoms with van der Waals surface area (Å²) >= 11 is 0. The molecule has 1 saturated heterocycles. The van der Waals surface area contributed by atoms with Crippen LogP contribution in [-0.2, 0) is 19.6 Å². The van der Waals surface area contributed by atoms with Crippen molar-refractivity contribution in [2.45, 2.75) is 70.1 Å². The minimum Gasteiger partial charge on any atom is -0.461 e. The highest BCUT2D eigenvalue weighted by Crippen LogP contribution is 2.63. The normalized spacial score (nSPS) is 37.3. The second-order valence-electron chi connectivity index (χ2n) is 9.91. The van der Waals surface area contributed by atoms with Crippen molar-refractivity contribution in [2.24, 2.45) is 16.7 Å². The molecule has 3 aliphatic rings. The molecule has 5 atom stereocenters. The van der Waals surface area contributed by atoms with Gasteiger partial charge in [0.2, 0.25) is 0 Å². The van der Waals surface area contributed by atoms with Crippen LogP contribution in [0.15, 0.2) is 40.8 Å². The van der Waals surface area contributed by atoms with E-state index in [0.29, 0.717) is 0 Å². The Morgan fingerprint density at radius 2 is 1.77 bits per heavy atom. The van der Waals surface area contributed by atoms with Crippen molar-refractivity contribution in [3.05, 3.63) is 41.5 Å². The third kappa shape index (κ3) is 3.04. The SMILES string of the molecule is Cc1ccc(S(=O)(=O)NN[C@@H]2C=C3C(C)(C)CC[C@@H]4OC(=O)[C@H]([C@@]2(C)O)[C@]34C)cc1. The van der Waals surface area contributed by atoms with E-state index in [0.717, 1.165) is 24.0 Å². The van der Waals surface area contributed by atoms with E-state index in [1.54, 1.807) is 19.1 Å². The molecule has 1 saturated carbocycles. The number of hydrogen-bond donors (Lipinski definition) is 3. The van der Waals surface area contributed by atoms with Crippen molar-refractivity contribution in [3.8, 4) is 0 Å². The molecule has 30 heavy (non-hydrogen) atoms. The van der Waals surface area contributed by atoms with Crippen molar-refractivity contribution in [1.82, 2.24) is 10.3 Å². The van der Waals surface area contributed by atoms with Gasteiger partial charge in [0.1, 0.15) is 6.10 Å². The van der Waals surface area contributed by atoms with Gasteiger partial charge in [-0.25, -0.2) is 13.8 Å². The Morgan fingerprint density at radius 3 is 2.40 bits per heavy atom. The lowest BCUT2D eigenvalue weighted by Gasteiger charge is -2.55. The molecular weight excluding hydrogens is 404 g/mol. The molecule has 4 rings (SSSR count). The van der Waals surface area contributed by atoms with E-state index in [1.165, 1.54) is 12.1 Å². The first-order valence-electron chi connectivity index (χ1n) is 10.3. The van der Waals surface area contributed by atoms with E-state index in [9.17, 15) is 18.3 Å². The summed E-state index contributed by atoms with van der Waals surface area (Å²) in [5.74, 6) is -1.21. The Labute approximate surface area is 177 Å². The maximum absolute atomic E-state index is 12.8. The zero-order valence-corrected chi connectivity index (χ0v) is 18.8. The number of carbonyl (C=O) groups is 1. The largest absolute Gasteiger partial charge is 0.461 e. The zero-order valence-electron chi connectivity index (χ0n) is 18.0. The van der Waals surface area contributed by atoms with Crippen molar-refractivity contribution >= 4 is 16.0 Å². The average Bonchev–Trinajstić information content (AvgIpc) is 2.90. The Bertz CT molecular complexity index is 1010. The summed E-state index contributed by atoms with van der Waals surface area (Å²) in [7, 11) is -3.84. The molecule has 0 aromatic heterocycles. The van der Waals surface area contributed by atoms with Crippen molar-refractivity contribution in [2.75, 3.05) is 0 Å². The zero-order chi connectivity index (χ0) is 22.1. The highest BCUT2D eigenvalue weighted by atomic mass is 32.2. The first-order valence-corrected chi connectivity index (χ1v) is 11.8. The first kappa shape index (κ1) is 21.5. The summed E-state index contributed by atoms with van der Waals surface area (Å²) in [6, 6.07) is 5.69. The van der Waals surface area contributed by atoms with Crippen LogP contribution in [0.1, 0.15) is 46.1 Å². The minimum absolute atomic E-state index is 0.117. The molecule has 3 N–H and O–H groups in total. The van der Waals surface area contributed by atoms with Crippen LogP contribution in [0.3, 0.4) is 0 Å². The van der Waals surface area contributed by atoms with E-state index < -0.39 is 39.0 Å². The number of benzene rings is 1. The van der Waals surface area contributed by atoms with Crippen LogP contribution in [0.5, 0.6) is 0 Å². The summed E-state index contributed by atoms with van der Waals surface area (Å²) in [6.07, 6.45) is 3.22. The molecule has 2 aliphatic carbocycles. The van der Waals surface area contributed by atoms with Crippen LogP contribution in [0.25, 0.3) is 0 Å². The number of hydrazine groups is 1. The molecule has 8 heteroatoms. The molecule has 7 nitrogen and oxygen atoms in total. The number of ether oxygens (including phenoxy) is 1. The summed E-state index contributed by atoms with van der Waals surface area (Å²) in [4.78, 5) is 15.3. The van der Waals surface area contributed by atoms with Gasteiger partial charge in [-0.2, -0.15) is 0 Å². The Morgan fingerprint density at radius 1 is 1.13 bits per heavy atom. The Hall–Kier alpha value is -1.74. The monoisotopic (exact) mass is 434 g/mol. The molecule has 0 amide bonds. The van der Waals surface area contributed by atoms with Gasteiger partial charge in [0.25, 0.3) is 10.0 Å². The lowest BCUT2D eigenvalue weighted by atomic mass is 9.49. The van der Waals surface area contributed by atoms with Gasteiger partial charge >= 0.3 is 5.97 Å². The fourth-order valence-electron chi connectivity index (χ4n) is 5.68. The first-order chi connectivity index (χ1) is 13.8. The third-order valence-corrected chi connectivity index (χ3v) is 8.61. The number of nitrogens with one attached hydrogen (secondary N) is 2. The van der Waals surface area contributed by atoms with Crippen LogP contribution in [-0.4, -0.2) is 37.2 Å². The number of carbonyl (C=O) groups excluding carboxylic acids is 1. The van der Waals surface area contributed by atoms with Crippen LogP contribution in [0.4, 0.5) is 0 Å². The van der Waals surface area contributed by atoms with Crippen molar-refractivity contribution < 1.29 is 23.1 Å². The van der Waals surface area contributed by atoms with E-state index in [1.807, 2.05) is 19.9 Å². The van der Waals surface area contributed by atoms with Gasteiger partial charge in [0.15, 0.2) is 0 Å². The van der Waals surface area contributed by atoms with Crippen LogP contribution < -0.4 is 10.3 Å².